The van der Waals surface area contributed by atoms with Gasteiger partial charge in [0.25, 0.3) is 0 Å². The van der Waals surface area contributed by atoms with Crippen molar-refractivity contribution in [3.8, 4) is 12.1 Å². The number of nitrogens with zero attached hydrogens (tertiary/aromatic N) is 2. The first-order chi connectivity index (χ1) is 17.8. The molecule has 0 aromatic heterocycles. The Labute approximate surface area is 216 Å². The van der Waals surface area contributed by atoms with E-state index in [0.29, 0.717) is 56.0 Å². The molecule has 6 nitrogen and oxygen atoms in total. The van der Waals surface area contributed by atoms with Crippen molar-refractivity contribution < 1.29 is 9.53 Å². The van der Waals surface area contributed by atoms with Gasteiger partial charge in [-0.05, 0) is 76.0 Å². The topological polar surface area (TPSA) is 122 Å². The predicted octanol–water partition coefficient (Wildman–Crippen LogP) is 6.92. The van der Waals surface area contributed by atoms with Gasteiger partial charge in [0.05, 0.1) is 5.56 Å². The second-order valence-corrected chi connectivity index (χ2v) is 10.0. The summed E-state index contributed by atoms with van der Waals surface area (Å²) >= 11 is 0. The lowest BCUT2D eigenvalue weighted by Crippen LogP contribution is -2.35. The summed E-state index contributed by atoms with van der Waals surface area (Å²) in [4.78, 5) is 13.4. The van der Waals surface area contributed by atoms with Crippen LogP contribution in [-0.4, -0.2) is 23.8 Å². The minimum Gasteiger partial charge on any atom is -0.458 e. The molecule has 6 heteroatoms. The fourth-order valence-corrected chi connectivity index (χ4v) is 5.59. The zero-order chi connectivity index (χ0) is 26.7. The predicted molar refractivity (Wildman–Crippen MR) is 145 cm³/mol. The standard InChI is InChI=1S/C31H28N4O2/c1-18(2)23-10-8-19(3)12-28(23)37-31(36)20-9-11-26-27(13-20)30(22(16-34)17-35)25-7-5-4-6-24(25)29(26)21(14-32)15-33/h4-7,9,11,13,18-19,23,28,32,34H,8,10,12H2,1-3H3/t19-,23?,28?/m1/s1. The molecule has 1 saturated carbocycles. The summed E-state index contributed by atoms with van der Waals surface area (Å²) in [6.07, 6.45) is 2.81. The van der Waals surface area contributed by atoms with Crippen LogP contribution in [-0.2, 0) is 4.74 Å². The molecule has 0 radical (unpaired) electrons. The maximum atomic E-state index is 13.4. The smallest absolute Gasteiger partial charge is 0.338 e. The zero-order valence-electron chi connectivity index (χ0n) is 21.2. The number of rotatable bonds is 5. The van der Waals surface area contributed by atoms with Crippen molar-refractivity contribution in [3.05, 3.63) is 59.2 Å². The van der Waals surface area contributed by atoms with Gasteiger partial charge in [-0.3, -0.25) is 10.8 Å². The molecule has 1 fully saturated rings. The van der Waals surface area contributed by atoms with Gasteiger partial charge in [-0.15, -0.1) is 0 Å². The SMILES string of the molecule is CC(C)C1CC[C@@H](C)CC1OC(=O)c1ccc2c(C(=C=N)C#N)c3ccccc3c(C(=C=N)C#N)c2c1. The van der Waals surface area contributed by atoms with E-state index in [-0.39, 0.29) is 17.3 Å². The molecule has 0 saturated heterocycles. The lowest BCUT2D eigenvalue weighted by Gasteiger charge is -2.36. The maximum Gasteiger partial charge on any atom is 0.338 e. The summed E-state index contributed by atoms with van der Waals surface area (Å²) in [7, 11) is 0. The molecule has 0 amide bonds. The van der Waals surface area contributed by atoms with Gasteiger partial charge in [0.1, 0.15) is 29.4 Å². The van der Waals surface area contributed by atoms with Crippen molar-refractivity contribution in [3.63, 3.8) is 0 Å². The van der Waals surface area contributed by atoms with Gasteiger partial charge in [-0.25, -0.2) is 4.79 Å². The van der Waals surface area contributed by atoms with E-state index in [2.05, 4.69) is 32.5 Å². The van der Waals surface area contributed by atoms with Crippen molar-refractivity contribution in [2.45, 2.75) is 46.1 Å². The van der Waals surface area contributed by atoms with Gasteiger partial charge in [0.15, 0.2) is 0 Å². The molecular weight excluding hydrogens is 460 g/mol. The van der Waals surface area contributed by atoms with Gasteiger partial charge in [-0.1, -0.05) is 57.5 Å². The van der Waals surface area contributed by atoms with Crippen LogP contribution in [0.4, 0.5) is 0 Å². The van der Waals surface area contributed by atoms with Crippen LogP contribution < -0.4 is 0 Å². The summed E-state index contributed by atoms with van der Waals surface area (Å²) in [5.74, 6) is 5.21. The molecule has 1 aliphatic rings. The van der Waals surface area contributed by atoms with Crippen LogP contribution in [0.1, 0.15) is 61.5 Å². The largest absolute Gasteiger partial charge is 0.458 e. The molecule has 37 heavy (non-hydrogen) atoms. The van der Waals surface area contributed by atoms with E-state index in [0.717, 1.165) is 19.3 Å². The van der Waals surface area contributed by atoms with Crippen LogP contribution >= 0.6 is 0 Å². The minimum absolute atomic E-state index is 0.0107. The fourth-order valence-electron chi connectivity index (χ4n) is 5.59. The summed E-state index contributed by atoms with van der Waals surface area (Å²) in [5, 5.41) is 37.4. The average Bonchev–Trinajstić information content (AvgIpc) is 2.90. The number of allylic oxidation sites excluding steroid dienone is 2. The van der Waals surface area contributed by atoms with Gasteiger partial charge < -0.3 is 4.74 Å². The fraction of sp³-hybridized carbons (Fsp3) is 0.323. The van der Waals surface area contributed by atoms with E-state index < -0.39 is 5.97 Å². The second kappa shape index (κ2) is 10.7. The quantitative estimate of drug-likeness (QED) is 0.175. The molecule has 2 N–H and O–H groups in total. The third-order valence-electron chi connectivity index (χ3n) is 7.45. The first-order valence-electron chi connectivity index (χ1n) is 12.4. The molecular formula is C31H28N4O2. The number of fused-ring (bicyclic) bond motifs is 2. The number of carbonyl (C=O) groups is 1. The molecule has 4 rings (SSSR count). The lowest BCUT2D eigenvalue weighted by atomic mass is 9.75. The van der Waals surface area contributed by atoms with E-state index in [4.69, 9.17) is 15.6 Å². The van der Waals surface area contributed by atoms with Crippen molar-refractivity contribution in [2.24, 2.45) is 17.8 Å². The summed E-state index contributed by atoms with van der Waals surface area (Å²) in [6.45, 7) is 6.50. The van der Waals surface area contributed by atoms with Crippen molar-refractivity contribution in [2.75, 3.05) is 0 Å². The lowest BCUT2D eigenvalue weighted by molar-refractivity contribution is -0.0173. The third kappa shape index (κ3) is 4.69. The van der Waals surface area contributed by atoms with Crippen LogP contribution in [0.5, 0.6) is 0 Å². The van der Waals surface area contributed by atoms with E-state index in [1.165, 1.54) is 0 Å². The molecule has 0 bridgehead atoms. The molecule has 184 valence electrons. The van der Waals surface area contributed by atoms with E-state index in [9.17, 15) is 15.3 Å². The second-order valence-electron chi connectivity index (χ2n) is 10.0. The van der Waals surface area contributed by atoms with Gasteiger partial charge in [0.2, 0.25) is 0 Å². The normalized spacial score (nSPS) is 18.9. The highest BCUT2D eigenvalue weighted by Gasteiger charge is 2.33. The monoisotopic (exact) mass is 488 g/mol. The summed E-state index contributed by atoms with van der Waals surface area (Å²) in [5.41, 5.74) is 1.33. The number of nitrogens with one attached hydrogen (secondary N) is 2. The highest BCUT2D eigenvalue weighted by molar-refractivity contribution is 6.23. The molecule has 3 atom stereocenters. The molecule has 0 heterocycles. The number of nitriles is 2. The highest BCUT2D eigenvalue weighted by atomic mass is 16.5. The Morgan fingerprint density at radius 2 is 1.49 bits per heavy atom. The van der Waals surface area contributed by atoms with Crippen LogP contribution in [0, 0.1) is 51.2 Å². The molecule has 1 aliphatic carbocycles. The molecule has 2 unspecified atom stereocenters. The van der Waals surface area contributed by atoms with Crippen molar-refractivity contribution >= 4 is 50.4 Å². The third-order valence-corrected chi connectivity index (χ3v) is 7.45. The van der Waals surface area contributed by atoms with Crippen LogP contribution in [0.2, 0.25) is 0 Å². The Morgan fingerprint density at radius 3 is 2.03 bits per heavy atom. The van der Waals surface area contributed by atoms with Gasteiger partial charge in [0, 0.05) is 11.1 Å². The molecule has 3 aromatic rings. The van der Waals surface area contributed by atoms with Gasteiger partial charge in [-0.2, -0.15) is 10.5 Å². The van der Waals surface area contributed by atoms with Gasteiger partial charge >= 0.3 is 5.97 Å². The van der Waals surface area contributed by atoms with Crippen molar-refractivity contribution in [1.29, 1.82) is 21.3 Å². The Hall–Kier alpha value is -4.47. The first kappa shape index (κ1) is 25.6. The number of esters is 1. The van der Waals surface area contributed by atoms with E-state index in [1.54, 1.807) is 36.4 Å². The van der Waals surface area contributed by atoms with E-state index >= 15 is 0 Å². The number of hydrogen-bond acceptors (Lipinski definition) is 6. The number of ether oxygens (including phenoxy) is 1. The van der Waals surface area contributed by atoms with E-state index in [1.807, 2.05) is 18.2 Å². The molecule has 0 spiro atoms. The average molecular weight is 489 g/mol. The number of hydrogen-bond donors (Lipinski definition) is 2. The number of benzene rings is 3. The van der Waals surface area contributed by atoms with Crippen molar-refractivity contribution in [1.82, 2.24) is 0 Å². The molecule has 0 aliphatic heterocycles. The number of carbonyl (C=O) groups excluding carboxylic acids is 1. The Bertz CT molecular complexity index is 1590. The van der Waals surface area contributed by atoms with Crippen LogP contribution in [0.3, 0.4) is 0 Å². The van der Waals surface area contributed by atoms with Crippen LogP contribution in [0.25, 0.3) is 32.7 Å². The maximum absolute atomic E-state index is 13.4. The zero-order valence-corrected chi connectivity index (χ0v) is 21.2. The first-order valence-corrected chi connectivity index (χ1v) is 12.4. The minimum atomic E-state index is -0.437. The summed E-state index contributed by atoms with van der Waals surface area (Å²) < 4.78 is 6.07. The van der Waals surface area contributed by atoms with Crippen LogP contribution in [0.15, 0.2) is 42.5 Å². The Morgan fingerprint density at radius 1 is 0.919 bits per heavy atom. The Kier molecular flexibility index (Phi) is 7.37. The summed E-state index contributed by atoms with van der Waals surface area (Å²) in [6, 6.07) is 16.3. The highest BCUT2D eigenvalue weighted by Crippen LogP contribution is 2.40. The molecule has 3 aromatic carbocycles. The Balaban J connectivity index is 1.95.